The first kappa shape index (κ1) is 14.2. The van der Waals surface area contributed by atoms with Crippen molar-refractivity contribution in [3.63, 3.8) is 0 Å². The van der Waals surface area contributed by atoms with Crippen LogP contribution in [-0.2, 0) is 6.54 Å². The number of anilines is 1. The van der Waals surface area contributed by atoms with E-state index < -0.39 is 0 Å². The topological polar surface area (TPSA) is 33.2 Å². The van der Waals surface area contributed by atoms with Crippen LogP contribution >= 0.6 is 0 Å². The van der Waals surface area contributed by atoms with Crippen LogP contribution in [-0.4, -0.2) is 17.8 Å². The van der Waals surface area contributed by atoms with Gasteiger partial charge in [-0.25, -0.2) is 4.39 Å². The third-order valence-corrected chi connectivity index (χ3v) is 3.13. The molecule has 3 nitrogen and oxygen atoms in total. The highest BCUT2D eigenvalue weighted by Gasteiger charge is 2.07. The van der Waals surface area contributed by atoms with Crippen molar-refractivity contribution in [1.29, 1.82) is 0 Å². The van der Waals surface area contributed by atoms with Gasteiger partial charge in [-0.15, -0.1) is 0 Å². The maximum Gasteiger partial charge on any atom is 0.180 e. The minimum Gasteiger partial charge on any atom is -0.369 e. The van der Waals surface area contributed by atoms with E-state index in [1.807, 2.05) is 24.9 Å². The molecule has 0 aliphatic carbocycles. The Kier molecular flexibility index (Phi) is 4.45. The molecule has 0 bridgehead atoms. The number of nitrogens with zero attached hydrogens (tertiary/aromatic N) is 2. The lowest BCUT2D eigenvalue weighted by Gasteiger charge is -2.19. The quantitative estimate of drug-likeness (QED) is 0.782. The van der Waals surface area contributed by atoms with Crippen LogP contribution in [0.15, 0.2) is 42.6 Å². The second-order valence-electron chi connectivity index (χ2n) is 4.66. The average Bonchev–Trinajstić information content (AvgIpc) is 2.49. The first-order valence-electron chi connectivity index (χ1n) is 6.55. The lowest BCUT2D eigenvalue weighted by atomic mass is 10.2. The van der Waals surface area contributed by atoms with Gasteiger partial charge in [0.05, 0.1) is 11.9 Å². The summed E-state index contributed by atoms with van der Waals surface area (Å²) in [4.78, 5) is 17.7. The van der Waals surface area contributed by atoms with Crippen molar-refractivity contribution in [3.8, 4) is 0 Å². The van der Waals surface area contributed by atoms with Crippen LogP contribution in [0.1, 0.15) is 29.4 Å². The van der Waals surface area contributed by atoms with E-state index in [0.717, 1.165) is 11.3 Å². The maximum absolute atomic E-state index is 12.8. The molecular weight excluding hydrogens is 255 g/mol. The highest BCUT2D eigenvalue weighted by atomic mass is 19.1. The molecule has 0 N–H and O–H groups in total. The second-order valence-corrected chi connectivity index (χ2v) is 4.66. The number of carbonyl (C=O) groups is 1. The molecule has 0 radical (unpaired) electrons. The molecule has 0 unspecified atom stereocenters. The summed E-state index contributed by atoms with van der Waals surface area (Å²) in [7, 11) is 1.93. The average molecular weight is 272 g/mol. The van der Waals surface area contributed by atoms with Gasteiger partial charge in [-0.05, 0) is 29.8 Å². The summed E-state index contributed by atoms with van der Waals surface area (Å²) < 4.78 is 12.8. The molecule has 20 heavy (non-hydrogen) atoms. The highest BCUT2D eigenvalue weighted by molar-refractivity contribution is 5.94. The van der Waals surface area contributed by atoms with Gasteiger partial charge in [-0.2, -0.15) is 0 Å². The lowest BCUT2D eigenvalue weighted by Crippen LogP contribution is -2.16. The normalized spacial score (nSPS) is 10.3. The summed E-state index contributed by atoms with van der Waals surface area (Å²) in [6, 6.07) is 10.0. The van der Waals surface area contributed by atoms with Gasteiger partial charge in [0.25, 0.3) is 0 Å². The smallest absolute Gasteiger partial charge is 0.180 e. The van der Waals surface area contributed by atoms with E-state index in [4.69, 9.17) is 0 Å². The molecule has 0 spiro atoms. The number of halogens is 1. The minimum atomic E-state index is -0.236. The van der Waals surface area contributed by atoms with Gasteiger partial charge in [0.1, 0.15) is 11.5 Å². The van der Waals surface area contributed by atoms with E-state index >= 15 is 0 Å². The van der Waals surface area contributed by atoms with Crippen molar-refractivity contribution in [2.75, 3.05) is 11.9 Å². The molecule has 1 heterocycles. The fraction of sp³-hybridized carbons (Fsp3) is 0.250. The molecule has 0 aliphatic heterocycles. The standard InChI is InChI=1S/C16H17FN2O/c1-3-16(20)15-9-8-14(10-18-15)19(2)11-12-4-6-13(17)7-5-12/h4-10H,3,11H2,1-2H3. The van der Waals surface area contributed by atoms with Crippen molar-refractivity contribution in [2.45, 2.75) is 19.9 Å². The number of carbonyl (C=O) groups excluding carboxylic acids is 1. The summed E-state index contributed by atoms with van der Waals surface area (Å²) >= 11 is 0. The van der Waals surface area contributed by atoms with Crippen molar-refractivity contribution >= 4 is 11.5 Å². The molecule has 0 atom stereocenters. The Labute approximate surface area is 118 Å². The van der Waals surface area contributed by atoms with E-state index in [1.165, 1.54) is 12.1 Å². The number of Topliss-reactive ketones (excluding diaryl/α,β-unsaturated/α-hetero) is 1. The van der Waals surface area contributed by atoms with Gasteiger partial charge < -0.3 is 4.90 Å². The zero-order valence-corrected chi connectivity index (χ0v) is 11.6. The predicted octanol–water partition coefficient (Wildman–Crippen LogP) is 3.45. The van der Waals surface area contributed by atoms with Crippen LogP contribution in [0.4, 0.5) is 10.1 Å². The minimum absolute atomic E-state index is 0.0396. The second kappa shape index (κ2) is 6.28. The van der Waals surface area contributed by atoms with Crippen molar-refractivity contribution in [1.82, 2.24) is 4.98 Å². The van der Waals surface area contributed by atoms with Crippen molar-refractivity contribution in [3.05, 3.63) is 59.7 Å². The SMILES string of the molecule is CCC(=O)c1ccc(N(C)Cc2ccc(F)cc2)cn1. The summed E-state index contributed by atoms with van der Waals surface area (Å²) in [5.41, 5.74) is 2.43. The van der Waals surface area contributed by atoms with Gasteiger partial charge in [-0.1, -0.05) is 19.1 Å². The molecular formula is C16H17FN2O. The number of rotatable bonds is 5. The zero-order valence-electron chi connectivity index (χ0n) is 11.6. The predicted molar refractivity (Wildman–Crippen MR) is 77.4 cm³/mol. The maximum atomic E-state index is 12.8. The highest BCUT2D eigenvalue weighted by Crippen LogP contribution is 2.15. The van der Waals surface area contributed by atoms with E-state index in [9.17, 15) is 9.18 Å². The van der Waals surface area contributed by atoms with E-state index in [1.54, 1.807) is 24.4 Å². The molecule has 2 aromatic rings. The van der Waals surface area contributed by atoms with E-state index in [-0.39, 0.29) is 11.6 Å². The van der Waals surface area contributed by atoms with Crippen LogP contribution in [0, 0.1) is 5.82 Å². The third kappa shape index (κ3) is 3.41. The number of pyridine rings is 1. The molecule has 1 aromatic carbocycles. The number of benzene rings is 1. The van der Waals surface area contributed by atoms with Gasteiger partial charge in [0.15, 0.2) is 5.78 Å². The van der Waals surface area contributed by atoms with Gasteiger partial charge >= 0.3 is 0 Å². The lowest BCUT2D eigenvalue weighted by molar-refractivity contribution is 0.0983. The van der Waals surface area contributed by atoms with Gasteiger partial charge in [0, 0.05) is 20.0 Å². The monoisotopic (exact) mass is 272 g/mol. The Balaban J connectivity index is 2.07. The fourth-order valence-corrected chi connectivity index (χ4v) is 1.91. The fourth-order valence-electron chi connectivity index (χ4n) is 1.91. The molecule has 1 aromatic heterocycles. The Morgan fingerprint density at radius 2 is 1.90 bits per heavy atom. The van der Waals surface area contributed by atoms with Gasteiger partial charge in [0.2, 0.25) is 0 Å². The molecule has 0 aliphatic rings. The summed E-state index contributed by atoms with van der Waals surface area (Å²) in [6.07, 6.45) is 2.14. The first-order valence-corrected chi connectivity index (χ1v) is 6.55. The number of hydrogen-bond acceptors (Lipinski definition) is 3. The largest absolute Gasteiger partial charge is 0.369 e. The number of hydrogen-bond donors (Lipinski definition) is 0. The summed E-state index contributed by atoms with van der Waals surface area (Å²) in [5, 5.41) is 0. The zero-order chi connectivity index (χ0) is 14.5. The molecule has 0 fully saturated rings. The molecule has 2 rings (SSSR count). The van der Waals surface area contributed by atoms with E-state index in [2.05, 4.69) is 4.98 Å². The van der Waals surface area contributed by atoms with Crippen LogP contribution in [0.3, 0.4) is 0 Å². The molecule has 104 valence electrons. The Hall–Kier alpha value is -2.23. The number of ketones is 1. The Morgan fingerprint density at radius 1 is 1.20 bits per heavy atom. The van der Waals surface area contributed by atoms with Crippen LogP contribution in [0.2, 0.25) is 0 Å². The van der Waals surface area contributed by atoms with Crippen molar-refractivity contribution in [2.24, 2.45) is 0 Å². The Bertz CT molecular complexity index is 578. The third-order valence-electron chi connectivity index (χ3n) is 3.13. The van der Waals surface area contributed by atoms with Crippen LogP contribution < -0.4 is 4.90 Å². The number of aromatic nitrogens is 1. The molecule has 4 heteroatoms. The first-order chi connectivity index (χ1) is 9.60. The molecule has 0 saturated heterocycles. The van der Waals surface area contributed by atoms with E-state index in [0.29, 0.717) is 18.7 Å². The van der Waals surface area contributed by atoms with Crippen LogP contribution in [0.5, 0.6) is 0 Å². The Morgan fingerprint density at radius 3 is 2.45 bits per heavy atom. The van der Waals surface area contributed by atoms with Crippen molar-refractivity contribution < 1.29 is 9.18 Å². The van der Waals surface area contributed by atoms with Gasteiger partial charge in [-0.3, -0.25) is 9.78 Å². The molecule has 0 amide bonds. The van der Waals surface area contributed by atoms with Crippen LogP contribution in [0.25, 0.3) is 0 Å². The molecule has 0 saturated carbocycles. The summed E-state index contributed by atoms with van der Waals surface area (Å²) in [5.74, 6) is -0.196. The summed E-state index contributed by atoms with van der Waals surface area (Å²) in [6.45, 7) is 2.47.